The fraction of sp³-hybridized carbons (Fsp3) is 0.294. The molecule has 7 nitrogen and oxygen atoms in total. The molecule has 1 atom stereocenters. The third-order valence-corrected chi connectivity index (χ3v) is 3.07. The molecule has 0 saturated heterocycles. The summed E-state index contributed by atoms with van der Waals surface area (Å²) in [5.41, 5.74) is 1.31. The van der Waals surface area contributed by atoms with Crippen molar-refractivity contribution in [3.63, 3.8) is 0 Å². The molecule has 1 aromatic heterocycles. The second-order valence-electron chi connectivity index (χ2n) is 5.57. The number of nitrogens with zero attached hydrogens (tertiary/aromatic N) is 2. The molecule has 1 aromatic carbocycles. The van der Waals surface area contributed by atoms with Gasteiger partial charge in [0.15, 0.2) is 0 Å². The van der Waals surface area contributed by atoms with E-state index in [9.17, 15) is 9.90 Å². The highest BCUT2D eigenvalue weighted by Gasteiger charge is 2.07. The minimum Gasteiger partial charge on any atom is -0.491 e. The molecule has 0 aliphatic heterocycles. The van der Waals surface area contributed by atoms with Crippen molar-refractivity contribution in [1.29, 1.82) is 0 Å². The molecule has 0 bridgehead atoms. The number of carbonyl (C=O) groups is 1. The van der Waals surface area contributed by atoms with Gasteiger partial charge in [-0.2, -0.15) is 0 Å². The van der Waals surface area contributed by atoms with Crippen molar-refractivity contribution in [2.75, 3.05) is 37.9 Å². The van der Waals surface area contributed by atoms with E-state index in [1.54, 1.807) is 48.8 Å². The number of anilines is 2. The van der Waals surface area contributed by atoms with Crippen LogP contribution in [0.4, 0.5) is 16.2 Å². The van der Waals surface area contributed by atoms with E-state index < -0.39 is 6.10 Å². The Morgan fingerprint density at radius 3 is 2.29 bits per heavy atom. The van der Waals surface area contributed by atoms with Gasteiger partial charge in [0, 0.05) is 30.3 Å². The first-order valence-electron chi connectivity index (χ1n) is 7.56. The maximum Gasteiger partial charge on any atom is 0.323 e. The lowest BCUT2D eigenvalue weighted by atomic mass is 10.3. The summed E-state index contributed by atoms with van der Waals surface area (Å²) in [6.07, 6.45) is 2.66. The van der Waals surface area contributed by atoms with Gasteiger partial charge in [0.05, 0.1) is 0 Å². The maximum atomic E-state index is 11.9. The van der Waals surface area contributed by atoms with Crippen LogP contribution in [0.25, 0.3) is 0 Å². The van der Waals surface area contributed by atoms with Crippen LogP contribution in [0.5, 0.6) is 5.75 Å². The molecule has 0 unspecified atom stereocenters. The van der Waals surface area contributed by atoms with Crippen LogP contribution in [-0.4, -0.2) is 54.4 Å². The molecule has 2 rings (SSSR count). The second kappa shape index (κ2) is 8.85. The van der Waals surface area contributed by atoms with Crippen molar-refractivity contribution >= 4 is 17.4 Å². The van der Waals surface area contributed by atoms with Gasteiger partial charge in [-0.05, 0) is 50.5 Å². The average molecular weight is 330 g/mol. The topological polar surface area (TPSA) is 86.7 Å². The Kier molecular flexibility index (Phi) is 6.53. The number of hydrogen-bond donors (Lipinski definition) is 3. The van der Waals surface area contributed by atoms with Crippen molar-refractivity contribution in [3.8, 4) is 5.75 Å². The van der Waals surface area contributed by atoms with Gasteiger partial charge in [0.25, 0.3) is 0 Å². The number of hydrogen-bond acceptors (Lipinski definition) is 5. The molecule has 0 spiro atoms. The molecule has 0 aliphatic rings. The third kappa shape index (κ3) is 6.23. The molecule has 3 N–H and O–H groups in total. The Bertz CT molecular complexity index is 632. The van der Waals surface area contributed by atoms with E-state index in [1.165, 1.54) is 0 Å². The number of ether oxygens (including phenoxy) is 1. The van der Waals surface area contributed by atoms with E-state index in [2.05, 4.69) is 15.6 Å². The average Bonchev–Trinajstić information content (AvgIpc) is 2.54. The Hall–Kier alpha value is -2.64. The van der Waals surface area contributed by atoms with Gasteiger partial charge < -0.3 is 25.4 Å². The summed E-state index contributed by atoms with van der Waals surface area (Å²) in [5, 5.41) is 15.2. The number of aliphatic hydroxyl groups excluding tert-OH is 1. The predicted octanol–water partition coefficient (Wildman–Crippen LogP) is 2.03. The van der Waals surface area contributed by atoms with Crippen LogP contribution >= 0.6 is 0 Å². The second-order valence-corrected chi connectivity index (χ2v) is 5.57. The van der Waals surface area contributed by atoms with Crippen molar-refractivity contribution in [1.82, 2.24) is 9.88 Å². The van der Waals surface area contributed by atoms with Crippen molar-refractivity contribution in [2.45, 2.75) is 6.10 Å². The molecule has 128 valence electrons. The van der Waals surface area contributed by atoms with Crippen LogP contribution in [0.2, 0.25) is 0 Å². The zero-order chi connectivity index (χ0) is 17.4. The number of aliphatic hydroxyl groups is 1. The zero-order valence-corrected chi connectivity index (χ0v) is 13.8. The third-order valence-electron chi connectivity index (χ3n) is 3.07. The highest BCUT2D eigenvalue weighted by molar-refractivity contribution is 5.99. The number of likely N-dealkylation sites (N-methyl/N-ethyl adjacent to an activating group) is 1. The van der Waals surface area contributed by atoms with Crippen molar-refractivity contribution < 1.29 is 14.6 Å². The molecule has 1 heterocycles. The molecule has 0 saturated carbocycles. The lowest BCUT2D eigenvalue weighted by molar-refractivity contribution is 0.0831. The fourth-order valence-corrected chi connectivity index (χ4v) is 2.03. The number of nitrogens with one attached hydrogen (secondary N) is 2. The monoisotopic (exact) mass is 330 g/mol. The van der Waals surface area contributed by atoms with E-state index in [-0.39, 0.29) is 12.6 Å². The molecule has 24 heavy (non-hydrogen) atoms. The standard InChI is InChI=1S/C17H22N4O3/c1-21(2)11-15(22)12-24-16-5-3-13(4-6-16)19-17(23)20-14-7-9-18-10-8-14/h3-10,15,22H,11-12H2,1-2H3,(H2,18,19,20,23)/t15-/m0/s1. The Morgan fingerprint density at radius 1 is 1.12 bits per heavy atom. The van der Waals surface area contributed by atoms with Crippen LogP contribution < -0.4 is 15.4 Å². The molecule has 7 heteroatoms. The minimum absolute atomic E-state index is 0.216. The van der Waals surface area contributed by atoms with Gasteiger partial charge in [-0.3, -0.25) is 4.98 Å². The van der Waals surface area contributed by atoms with E-state index in [0.717, 1.165) is 0 Å². The summed E-state index contributed by atoms with van der Waals surface area (Å²) in [5.74, 6) is 0.632. The van der Waals surface area contributed by atoms with E-state index in [0.29, 0.717) is 23.7 Å². The van der Waals surface area contributed by atoms with Crippen molar-refractivity contribution in [2.24, 2.45) is 0 Å². The lowest BCUT2D eigenvalue weighted by Crippen LogP contribution is -2.30. The molecule has 2 amide bonds. The van der Waals surface area contributed by atoms with E-state index in [1.807, 2.05) is 19.0 Å². The largest absolute Gasteiger partial charge is 0.491 e. The molecular formula is C17H22N4O3. The van der Waals surface area contributed by atoms with Gasteiger partial charge in [-0.15, -0.1) is 0 Å². The normalized spacial score (nSPS) is 11.8. The van der Waals surface area contributed by atoms with E-state index in [4.69, 9.17) is 4.74 Å². The van der Waals surface area contributed by atoms with Gasteiger partial charge >= 0.3 is 6.03 Å². The van der Waals surface area contributed by atoms with Crippen LogP contribution in [0, 0.1) is 0 Å². The summed E-state index contributed by atoms with van der Waals surface area (Å²) >= 11 is 0. The van der Waals surface area contributed by atoms with Gasteiger partial charge in [0.1, 0.15) is 18.5 Å². The Labute approximate surface area is 141 Å². The van der Waals surface area contributed by atoms with Gasteiger partial charge in [-0.25, -0.2) is 4.79 Å². The lowest BCUT2D eigenvalue weighted by Gasteiger charge is -2.16. The van der Waals surface area contributed by atoms with Crippen LogP contribution in [0.1, 0.15) is 0 Å². The number of urea groups is 1. The number of amides is 2. The molecular weight excluding hydrogens is 308 g/mol. The molecule has 0 aliphatic carbocycles. The number of carbonyl (C=O) groups excluding carboxylic acids is 1. The fourth-order valence-electron chi connectivity index (χ4n) is 2.03. The number of aromatic nitrogens is 1. The van der Waals surface area contributed by atoms with Crippen molar-refractivity contribution in [3.05, 3.63) is 48.8 Å². The maximum absolute atomic E-state index is 11.9. The summed E-state index contributed by atoms with van der Waals surface area (Å²) < 4.78 is 5.51. The van der Waals surface area contributed by atoms with Crippen LogP contribution in [-0.2, 0) is 0 Å². The number of rotatable bonds is 7. The van der Waals surface area contributed by atoms with E-state index >= 15 is 0 Å². The highest BCUT2D eigenvalue weighted by Crippen LogP contribution is 2.16. The van der Waals surface area contributed by atoms with Crippen LogP contribution in [0.15, 0.2) is 48.8 Å². The quantitative estimate of drug-likeness (QED) is 0.723. The SMILES string of the molecule is CN(C)C[C@H](O)COc1ccc(NC(=O)Nc2ccncc2)cc1. The summed E-state index contributed by atoms with van der Waals surface area (Å²) in [6, 6.07) is 10.0. The molecule has 2 aromatic rings. The minimum atomic E-state index is -0.552. The number of pyridine rings is 1. The summed E-state index contributed by atoms with van der Waals surface area (Å²) in [4.78, 5) is 17.6. The van der Waals surface area contributed by atoms with Gasteiger partial charge in [-0.1, -0.05) is 0 Å². The Morgan fingerprint density at radius 2 is 1.71 bits per heavy atom. The molecule has 0 radical (unpaired) electrons. The first kappa shape index (κ1) is 17.7. The zero-order valence-electron chi connectivity index (χ0n) is 13.8. The first-order valence-corrected chi connectivity index (χ1v) is 7.56. The highest BCUT2D eigenvalue weighted by atomic mass is 16.5. The van der Waals surface area contributed by atoms with Gasteiger partial charge in [0.2, 0.25) is 0 Å². The first-order chi connectivity index (χ1) is 11.5. The number of benzene rings is 1. The molecule has 0 fully saturated rings. The summed E-state index contributed by atoms with van der Waals surface area (Å²) in [7, 11) is 3.78. The smallest absolute Gasteiger partial charge is 0.323 e. The predicted molar refractivity (Wildman–Crippen MR) is 93.4 cm³/mol. The Balaban J connectivity index is 1.80. The van der Waals surface area contributed by atoms with Crippen LogP contribution in [0.3, 0.4) is 0 Å². The summed E-state index contributed by atoms with van der Waals surface area (Å²) in [6.45, 7) is 0.752.